The highest BCUT2D eigenvalue weighted by molar-refractivity contribution is 8.00. The molecule has 6 heteroatoms. The van der Waals surface area contributed by atoms with Crippen LogP contribution in [0.3, 0.4) is 0 Å². The number of amides is 1. The van der Waals surface area contributed by atoms with Gasteiger partial charge in [-0.2, -0.15) is 5.26 Å². The number of hydrogen-bond acceptors (Lipinski definition) is 5. The highest BCUT2D eigenvalue weighted by atomic mass is 32.2. The molecular weight excluding hydrogens is 272 g/mol. The Bertz CT molecular complexity index is 639. The van der Waals surface area contributed by atoms with Gasteiger partial charge in [0.05, 0.1) is 16.9 Å². The predicted octanol–water partition coefficient (Wildman–Crippen LogP) is 2.47. The van der Waals surface area contributed by atoms with E-state index in [1.165, 1.54) is 18.1 Å². The maximum absolute atomic E-state index is 12.1. The molecule has 0 bridgehead atoms. The van der Waals surface area contributed by atoms with Crippen LogP contribution in [-0.4, -0.2) is 21.1 Å². The van der Waals surface area contributed by atoms with Crippen LogP contribution in [0.15, 0.2) is 47.9 Å². The van der Waals surface area contributed by atoms with E-state index in [-0.39, 0.29) is 11.2 Å². The number of hydrogen-bond donors (Lipinski definition) is 1. The first kappa shape index (κ1) is 14.0. The van der Waals surface area contributed by atoms with Crippen LogP contribution in [0.2, 0.25) is 0 Å². The van der Waals surface area contributed by atoms with Gasteiger partial charge in [0.25, 0.3) is 0 Å². The van der Waals surface area contributed by atoms with Gasteiger partial charge in [-0.05, 0) is 31.2 Å². The fourth-order valence-electron chi connectivity index (χ4n) is 1.49. The molecule has 0 aliphatic carbocycles. The molecule has 2 rings (SSSR count). The van der Waals surface area contributed by atoms with E-state index in [1.54, 1.807) is 43.5 Å². The molecule has 1 atom stereocenters. The van der Waals surface area contributed by atoms with Crippen LogP contribution in [-0.2, 0) is 4.79 Å². The zero-order chi connectivity index (χ0) is 14.4. The van der Waals surface area contributed by atoms with Crippen molar-refractivity contribution in [1.82, 2.24) is 9.97 Å². The van der Waals surface area contributed by atoms with Crippen LogP contribution in [0.25, 0.3) is 0 Å². The van der Waals surface area contributed by atoms with Gasteiger partial charge < -0.3 is 5.32 Å². The Morgan fingerprint density at radius 1 is 1.45 bits per heavy atom. The van der Waals surface area contributed by atoms with Crippen molar-refractivity contribution < 1.29 is 4.79 Å². The van der Waals surface area contributed by atoms with Crippen LogP contribution in [0.1, 0.15) is 12.5 Å². The average molecular weight is 284 g/mol. The van der Waals surface area contributed by atoms with Crippen molar-refractivity contribution in [2.75, 3.05) is 5.32 Å². The molecule has 1 unspecified atom stereocenters. The van der Waals surface area contributed by atoms with Gasteiger partial charge in [0.2, 0.25) is 5.91 Å². The molecular formula is C14H12N4OS. The zero-order valence-corrected chi connectivity index (χ0v) is 11.6. The number of nitriles is 1. The van der Waals surface area contributed by atoms with E-state index in [1.807, 2.05) is 6.07 Å². The number of nitrogens with zero attached hydrogens (tertiary/aromatic N) is 3. The number of anilines is 1. The van der Waals surface area contributed by atoms with Crippen molar-refractivity contribution in [2.45, 2.75) is 17.2 Å². The molecule has 1 heterocycles. The molecule has 1 aromatic carbocycles. The third-order valence-electron chi connectivity index (χ3n) is 2.48. The monoisotopic (exact) mass is 284 g/mol. The summed E-state index contributed by atoms with van der Waals surface area (Å²) < 4.78 is 0. The largest absolute Gasteiger partial charge is 0.325 e. The van der Waals surface area contributed by atoms with Crippen LogP contribution in [0.5, 0.6) is 0 Å². The normalized spacial score (nSPS) is 11.4. The van der Waals surface area contributed by atoms with E-state index < -0.39 is 0 Å². The maximum Gasteiger partial charge on any atom is 0.237 e. The second-order valence-electron chi connectivity index (χ2n) is 3.99. The lowest BCUT2D eigenvalue weighted by Gasteiger charge is -2.11. The molecule has 100 valence electrons. The van der Waals surface area contributed by atoms with Crippen LogP contribution < -0.4 is 5.32 Å². The van der Waals surface area contributed by atoms with Crippen molar-refractivity contribution in [3.63, 3.8) is 0 Å². The summed E-state index contributed by atoms with van der Waals surface area (Å²) in [7, 11) is 0. The first-order valence-electron chi connectivity index (χ1n) is 5.93. The number of carbonyl (C=O) groups excluding carboxylic acids is 1. The number of rotatable bonds is 4. The number of carbonyl (C=O) groups is 1. The van der Waals surface area contributed by atoms with Gasteiger partial charge in [-0.15, -0.1) is 0 Å². The smallest absolute Gasteiger partial charge is 0.237 e. The molecule has 0 saturated heterocycles. The molecule has 0 saturated carbocycles. The number of benzene rings is 1. The Hall–Kier alpha value is -2.39. The Morgan fingerprint density at radius 2 is 2.30 bits per heavy atom. The summed E-state index contributed by atoms with van der Waals surface area (Å²) in [6, 6.07) is 10.6. The lowest BCUT2D eigenvalue weighted by Crippen LogP contribution is -2.22. The van der Waals surface area contributed by atoms with E-state index >= 15 is 0 Å². The predicted molar refractivity (Wildman–Crippen MR) is 77.1 cm³/mol. The lowest BCUT2D eigenvalue weighted by atomic mass is 10.2. The zero-order valence-electron chi connectivity index (χ0n) is 10.8. The summed E-state index contributed by atoms with van der Waals surface area (Å²) in [5.74, 6) is -0.135. The van der Waals surface area contributed by atoms with Crippen molar-refractivity contribution in [1.29, 1.82) is 5.26 Å². The molecule has 1 N–H and O–H groups in total. The highest BCUT2D eigenvalue weighted by Crippen LogP contribution is 2.21. The van der Waals surface area contributed by atoms with Gasteiger partial charge in [0.1, 0.15) is 11.4 Å². The minimum atomic E-state index is -0.296. The van der Waals surface area contributed by atoms with E-state index in [2.05, 4.69) is 15.3 Å². The molecule has 2 aromatic rings. The van der Waals surface area contributed by atoms with Gasteiger partial charge in [-0.1, -0.05) is 17.8 Å². The first-order valence-corrected chi connectivity index (χ1v) is 6.80. The van der Waals surface area contributed by atoms with Crippen molar-refractivity contribution >= 4 is 23.4 Å². The van der Waals surface area contributed by atoms with Gasteiger partial charge in [0.15, 0.2) is 0 Å². The summed E-state index contributed by atoms with van der Waals surface area (Å²) in [6.45, 7) is 1.80. The quantitative estimate of drug-likeness (QED) is 0.689. The molecule has 0 aliphatic heterocycles. The van der Waals surface area contributed by atoms with Crippen LogP contribution >= 0.6 is 11.8 Å². The van der Waals surface area contributed by atoms with Gasteiger partial charge in [-0.25, -0.2) is 9.97 Å². The fraction of sp³-hybridized carbons (Fsp3) is 0.143. The minimum Gasteiger partial charge on any atom is -0.325 e. The molecule has 0 fully saturated rings. The van der Waals surface area contributed by atoms with Crippen molar-refractivity contribution in [2.24, 2.45) is 0 Å². The highest BCUT2D eigenvalue weighted by Gasteiger charge is 2.15. The Labute approximate surface area is 121 Å². The Morgan fingerprint density at radius 3 is 3.00 bits per heavy atom. The third kappa shape index (κ3) is 3.80. The van der Waals surface area contributed by atoms with Crippen LogP contribution in [0.4, 0.5) is 5.69 Å². The molecule has 0 spiro atoms. The maximum atomic E-state index is 12.1. The second-order valence-corrected chi connectivity index (χ2v) is 5.35. The molecule has 5 nitrogen and oxygen atoms in total. The Balaban J connectivity index is 1.99. The van der Waals surface area contributed by atoms with Gasteiger partial charge >= 0.3 is 0 Å². The van der Waals surface area contributed by atoms with Crippen molar-refractivity contribution in [3.05, 3.63) is 48.4 Å². The summed E-state index contributed by atoms with van der Waals surface area (Å²) in [6.07, 6.45) is 3.08. The van der Waals surface area contributed by atoms with Crippen molar-refractivity contribution in [3.8, 4) is 6.07 Å². The van der Waals surface area contributed by atoms with E-state index in [4.69, 9.17) is 5.26 Å². The summed E-state index contributed by atoms with van der Waals surface area (Å²) in [5.41, 5.74) is 1.13. The third-order valence-corrected chi connectivity index (χ3v) is 3.53. The first-order chi connectivity index (χ1) is 9.69. The molecule has 0 aliphatic rings. The standard InChI is InChI=1S/C14H12N4OS/c1-10(20-13-5-6-16-9-17-13)14(19)18-12-4-2-3-11(7-12)8-15/h2-7,9-10H,1H3,(H,18,19). The SMILES string of the molecule is CC(Sc1ccncn1)C(=O)Nc1cccc(C#N)c1. The topological polar surface area (TPSA) is 78.7 Å². The van der Waals surface area contributed by atoms with Gasteiger partial charge in [0, 0.05) is 11.9 Å². The Kier molecular flexibility index (Phi) is 4.69. The summed E-state index contributed by atoms with van der Waals surface area (Å²) >= 11 is 1.35. The van der Waals surface area contributed by atoms with E-state index in [0.29, 0.717) is 11.3 Å². The van der Waals surface area contributed by atoms with Gasteiger partial charge in [-0.3, -0.25) is 4.79 Å². The second kappa shape index (κ2) is 6.68. The van der Waals surface area contributed by atoms with Crippen LogP contribution in [0, 0.1) is 11.3 Å². The fourth-order valence-corrected chi connectivity index (χ4v) is 2.27. The molecule has 1 amide bonds. The average Bonchev–Trinajstić information content (AvgIpc) is 2.48. The summed E-state index contributed by atoms with van der Waals surface area (Å²) in [4.78, 5) is 20.0. The minimum absolute atomic E-state index is 0.135. The van der Waals surface area contributed by atoms with E-state index in [9.17, 15) is 4.79 Å². The summed E-state index contributed by atoms with van der Waals surface area (Å²) in [5, 5.41) is 12.0. The lowest BCUT2D eigenvalue weighted by molar-refractivity contribution is -0.115. The number of thioether (sulfide) groups is 1. The van der Waals surface area contributed by atoms with E-state index in [0.717, 1.165) is 5.03 Å². The molecule has 0 radical (unpaired) electrons. The molecule has 1 aromatic heterocycles. The number of nitrogens with one attached hydrogen (secondary N) is 1. The molecule has 20 heavy (non-hydrogen) atoms. The number of aromatic nitrogens is 2.